The van der Waals surface area contributed by atoms with Crippen molar-refractivity contribution in [3.8, 4) is 0 Å². The molecule has 1 atom stereocenters. The molecule has 86 valence electrons. The number of nitrogens with zero attached hydrogens (tertiary/aromatic N) is 2. The number of halogens is 1. The molecule has 0 amide bonds. The molecule has 0 fully saturated rings. The summed E-state index contributed by atoms with van der Waals surface area (Å²) in [4.78, 5) is 0. The molecule has 4 heteroatoms. The fourth-order valence-electron chi connectivity index (χ4n) is 1.97. The van der Waals surface area contributed by atoms with Gasteiger partial charge in [-0.3, -0.25) is 4.68 Å². The Morgan fingerprint density at radius 3 is 2.94 bits per heavy atom. The molecule has 2 rings (SSSR count). The van der Waals surface area contributed by atoms with Gasteiger partial charge in [-0.1, -0.05) is 18.2 Å². The number of fused-ring (bicyclic) bond motifs is 1. The Labute approximate surface area is 104 Å². The first-order valence-corrected chi connectivity index (χ1v) is 6.20. The summed E-state index contributed by atoms with van der Waals surface area (Å²) in [6, 6.07) is 6.83. The number of rotatable bonds is 3. The van der Waals surface area contributed by atoms with Gasteiger partial charge < -0.3 is 5.32 Å². The highest BCUT2D eigenvalue weighted by atomic mass is 79.9. The van der Waals surface area contributed by atoms with Gasteiger partial charge in [0.15, 0.2) is 0 Å². The number of aryl methyl sites for hydroxylation is 1. The van der Waals surface area contributed by atoms with Crippen LogP contribution in [0.5, 0.6) is 0 Å². The number of hydrogen-bond acceptors (Lipinski definition) is 2. The lowest BCUT2D eigenvalue weighted by Gasteiger charge is -2.11. The minimum atomic E-state index is 0.472. The molecule has 0 bridgehead atoms. The van der Waals surface area contributed by atoms with E-state index in [0.29, 0.717) is 6.04 Å². The normalized spacial score (nSPS) is 13.2. The molecule has 0 spiro atoms. The molecular formula is C12H16BrN3. The van der Waals surface area contributed by atoms with E-state index >= 15 is 0 Å². The van der Waals surface area contributed by atoms with E-state index in [1.807, 2.05) is 18.8 Å². The molecule has 0 saturated heterocycles. The number of benzene rings is 1. The zero-order valence-electron chi connectivity index (χ0n) is 9.79. The molecule has 16 heavy (non-hydrogen) atoms. The quantitative estimate of drug-likeness (QED) is 0.937. The monoisotopic (exact) mass is 281 g/mol. The molecule has 2 aromatic rings. The van der Waals surface area contributed by atoms with Crippen LogP contribution in [0.25, 0.3) is 10.9 Å². The van der Waals surface area contributed by atoms with E-state index in [0.717, 1.165) is 11.0 Å². The van der Waals surface area contributed by atoms with Crippen LogP contribution in [-0.4, -0.2) is 22.9 Å². The summed E-state index contributed by atoms with van der Waals surface area (Å²) in [5.41, 5.74) is 2.55. The van der Waals surface area contributed by atoms with Crippen LogP contribution in [0.3, 0.4) is 0 Å². The Morgan fingerprint density at radius 1 is 1.50 bits per heavy atom. The summed E-state index contributed by atoms with van der Waals surface area (Å²) >= 11 is 3.49. The number of nitrogens with one attached hydrogen (secondary N) is 1. The van der Waals surface area contributed by atoms with E-state index in [4.69, 9.17) is 0 Å². The lowest BCUT2D eigenvalue weighted by atomic mass is 10.0. The zero-order chi connectivity index (χ0) is 11.7. The molecule has 1 heterocycles. The van der Waals surface area contributed by atoms with Gasteiger partial charge in [0.1, 0.15) is 4.60 Å². The Kier molecular flexibility index (Phi) is 3.30. The molecule has 3 nitrogen and oxygen atoms in total. The van der Waals surface area contributed by atoms with Crippen molar-refractivity contribution in [2.24, 2.45) is 7.05 Å². The first-order chi connectivity index (χ1) is 7.63. The maximum absolute atomic E-state index is 4.40. The zero-order valence-corrected chi connectivity index (χ0v) is 11.4. The number of aromatic nitrogens is 2. The SMILES string of the molecule is CNC(C)Cc1cccc2c(Br)nn(C)c12. The van der Waals surface area contributed by atoms with Gasteiger partial charge in [0, 0.05) is 18.5 Å². The van der Waals surface area contributed by atoms with Crippen LogP contribution in [0.15, 0.2) is 22.8 Å². The Hall–Kier alpha value is -0.870. The van der Waals surface area contributed by atoms with Gasteiger partial charge in [0.2, 0.25) is 0 Å². The topological polar surface area (TPSA) is 29.9 Å². The van der Waals surface area contributed by atoms with Gasteiger partial charge in [-0.15, -0.1) is 0 Å². The smallest absolute Gasteiger partial charge is 0.135 e. The van der Waals surface area contributed by atoms with E-state index in [2.05, 4.69) is 51.5 Å². The van der Waals surface area contributed by atoms with Crippen LogP contribution in [0.2, 0.25) is 0 Å². The van der Waals surface area contributed by atoms with E-state index < -0.39 is 0 Å². The first-order valence-electron chi connectivity index (χ1n) is 5.41. The maximum atomic E-state index is 4.40. The number of para-hydroxylation sites is 1. The summed E-state index contributed by atoms with van der Waals surface area (Å²) in [5, 5.41) is 8.84. The van der Waals surface area contributed by atoms with Crippen LogP contribution in [0.1, 0.15) is 12.5 Å². The van der Waals surface area contributed by atoms with Crippen molar-refractivity contribution in [1.29, 1.82) is 0 Å². The number of likely N-dealkylation sites (N-methyl/N-ethyl adjacent to an activating group) is 1. The van der Waals surface area contributed by atoms with Crippen molar-refractivity contribution in [3.05, 3.63) is 28.4 Å². The van der Waals surface area contributed by atoms with Gasteiger partial charge in [0.25, 0.3) is 0 Å². The third kappa shape index (κ3) is 1.99. The molecule has 0 aliphatic carbocycles. The second-order valence-electron chi connectivity index (χ2n) is 4.12. The van der Waals surface area contributed by atoms with Gasteiger partial charge in [-0.25, -0.2) is 0 Å². The average molecular weight is 282 g/mol. The predicted molar refractivity (Wildman–Crippen MR) is 70.6 cm³/mol. The second-order valence-corrected chi connectivity index (χ2v) is 4.87. The minimum absolute atomic E-state index is 0.472. The van der Waals surface area contributed by atoms with Crippen molar-refractivity contribution < 1.29 is 0 Å². The Morgan fingerprint density at radius 2 is 2.25 bits per heavy atom. The van der Waals surface area contributed by atoms with Crippen LogP contribution in [0.4, 0.5) is 0 Å². The molecule has 1 N–H and O–H groups in total. The molecule has 0 aliphatic rings. The molecule has 1 unspecified atom stereocenters. The van der Waals surface area contributed by atoms with Crippen LogP contribution in [-0.2, 0) is 13.5 Å². The van der Waals surface area contributed by atoms with Crippen molar-refractivity contribution in [3.63, 3.8) is 0 Å². The highest BCUT2D eigenvalue weighted by Gasteiger charge is 2.11. The summed E-state index contributed by atoms with van der Waals surface area (Å²) < 4.78 is 2.86. The van der Waals surface area contributed by atoms with E-state index in [1.54, 1.807) is 0 Å². The molecule has 0 radical (unpaired) electrons. The molecule has 1 aromatic heterocycles. The third-order valence-corrected chi connectivity index (χ3v) is 3.51. The van der Waals surface area contributed by atoms with E-state index in [9.17, 15) is 0 Å². The van der Waals surface area contributed by atoms with Crippen molar-refractivity contribution in [2.75, 3.05) is 7.05 Å². The largest absolute Gasteiger partial charge is 0.317 e. The van der Waals surface area contributed by atoms with Crippen LogP contribution in [0, 0.1) is 0 Å². The summed E-state index contributed by atoms with van der Waals surface area (Å²) in [6.07, 6.45) is 1.01. The standard InChI is InChI=1S/C12H16BrN3/c1-8(14-2)7-9-5-4-6-10-11(9)16(3)15-12(10)13/h4-6,8,14H,7H2,1-3H3. The second kappa shape index (κ2) is 4.55. The first kappa shape index (κ1) is 11.6. The fraction of sp³-hybridized carbons (Fsp3) is 0.417. The minimum Gasteiger partial charge on any atom is -0.317 e. The van der Waals surface area contributed by atoms with Crippen LogP contribution < -0.4 is 5.32 Å². The molecular weight excluding hydrogens is 266 g/mol. The van der Waals surface area contributed by atoms with Crippen molar-refractivity contribution in [1.82, 2.24) is 15.1 Å². The van der Waals surface area contributed by atoms with Gasteiger partial charge in [-0.05, 0) is 41.9 Å². The van der Waals surface area contributed by atoms with Gasteiger partial charge in [-0.2, -0.15) is 5.10 Å². The Balaban J connectivity index is 2.53. The van der Waals surface area contributed by atoms with Crippen molar-refractivity contribution >= 4 is 26.8 Å². The van der Waals surface area contributed by atoms with Crippen molar-refractivity contribution in [2.45, 2.75) is 19.4 Å². The fourth-order valence-corrected chi connectivity index (χ4v) is 2.53. The summed E-state index contributed by atoms with van der Waals surface area (Å²) in [7, 11) is 3.98. The predicted octanol–water partition coefficient (Wildman–Crippen LogP) is 2.49. The molecule has 0 aliphatic heterocycles. The summed E-state index contributed by atoms with van der Waals surface area (Å²) in [5.74, 6) is 0. The molecule has 1 aromatic carbocycles. The highest BCUT2D eigenvalue weighted by molar-refractivity contribution is 9.10. The lowest BCUT2D eigenvalue weighted by Crippen LogP contribution is -2.23. The van der Waals surface area contributed by atoms with Crippen LogP contribution >= 0.6 is 15.9 Å². The summed E-state index contributed by atoms with van der Waals surface area (Å²) in [6.45, 7) is 2.18. The van der Waals surface area contributed by atoms with E-state index in [1.165, 1.54) is 16.5 Å². The maximum Gasteiger partial charge on any atom is 0.135 e. The average Bonchev–Trinajstić information content (AvgIpc) is 2.56. The Bertz CT molecular complexity index is 504. The number of hydrogen-bond donors (Lipinski definition) is 1. The van der Waals surface area contributed by atoms with Gasteiger partial charge >= 0.3 is 0 Å². The lowest BCUT2D eigenvalue weighted by molar-refractivity contribution is 0.608. The van der Waals surface area contributed by atoms with E-state index in [-0.39, 0.29) is 0 Å². The third-order valence-electron chi connectivity index (χ3n) is 2.92. The van der Waals surface area contributed by atoms with Gasteiger partial charge in [0.05, 0.1) is 5.52 Å². The highest BCUT2D eigenvalue weighted by Crippen LogP contribution is 2.26. The molecule has 0 saturated carbocycles.